The monoisotopic (exact) mass is 504 g/mol. The summed E-state index contributed by atoms with van der Waals surface area (Å²) < 4.78 is 5.82. The predicted octanol–water partition coefficient (Wildman–Crippen LogP) is 3.99. The summed E-state index contributed by atoms with van der Waals surface area (Å²) in [4.78, 5) is 20.3. The Balaban J connectivity index is 1.27. The van der Waals surface area contributed by atoms with E-state index in [4.69, 9.17) is 20.2 Å². The summed E-state index contributed by atoms with van der Waals surface area (Å²) in [5, 5.41) is 14.6. The second kappa shape index (κ2) is 9.12. The van der Waals surface area contributed by atoms with E-state index in [0.29, 0.717) is 40.0 Å². The molecule has 0 amide bonds. The van der Waals surface area contributed by atoms with Crippen LogP contribution in [0.4, 0.5) is 10.9 Å². The third-order valence-corrected chi connectivity index (χ3v) is 9.00. The van der Waals surface area contributed by atoms with Crippen LogP contribution in [0.15, 0.2) is 16.8 Å². The number of hydrogen-bond donors (Lipinski definition) is 1. The molecule has 36 heavy (non-hydrogen) atoms. The van der Waals surface area contributed by atoms with Crippen LogP contribution in [0.2, 0.25) is 0 Å². The summed E-state index contributed by atoms with van der Waals surface area (Å²) >= 11 is 1.50. The van der Waals surface area contributed by atoms with Gasteiger partial charge in [0.15, 0.2) is 0 Å². The molecule has 1 saturated carbocycles. The van der Waals surface area contributed by atoms with Gasteiger partial charge in [-0.1, -0.05) is 5.16 Å². The molecule has 3 aliphatic rings. The highest BCUT2D eigenvalue weighted by Crippen LogP contribution is 2.48. The molecule has 0 aromatic carbocycles. The fraction of sp³-hybridized carbons (Fsp3) is 0.577. The lowest BCUT2D eigenvalue weighted by atomic mass is 9.72. The van der Waals surface area contributed by atoms with E-state index < -0.39 is 5.41 Å². The molecule has 0 spiro atoms. The Labute approximate surface area is 215 Å². The van der Waals surface area contributed by atoms with Gasteiger partial charge in [0, 0.05) is 42.3 Å². The van der Waals surface area contributed by atoms with Crippen molar-refractivity contribution in [2.45, 2.75) is 63.8 Å². The van der Waals surface area contributed by atoms with E-state index in [0.717, 1.165) is 61.7 Å². The molecule has 9 nitrogen and oxygen atoms in total. The zero-order chi connectivity index (χ0) is 24.9. The summed E-state index contributed by atoms with van der Waals surface area (Å²) in [5.41, 5.74) is 7.78. The molecule has 0 radical (unpaired) electrons. The highest BCUT2D eigenvalue weighted by molar-refractivity contribution is 7.16. The average molecular weight is 505 g/mol. The third-order valence-electron chi connectivity index (χ3n) is 7.92. The first-order valence-corrected chi connectivity index (χ1v) is 13.8. The molecule has 10 heteroatoms. The van der Waals surface area contributed by atoms with Crippen LogP contribution >= 0.6 is 11.3 Å². The van der Waals surface area contributed by atoms with Crippen molar-refractivity contribution in [3.8, 4) is 17.6 Å². The Bertz CT molecular complexity index is 1310. The molecule has 0 unspecified atom stereocenters. The van der Waals surface area contributed by atoms with E-state index in [2.05, 4.69) is 39.9 Å². The van der Waals surface area contributed by atoms with Crippen LogP contribution in [0, 0.1) is 17.2 Å². The van der Waals surface area contributed by atoms with Gasteiger partial charge in [0.2, 0.25) is 17.7 Å². The molecular weight excluding hydrogens is 472 g/mol. The van der Waals surface area contributed by atoms with Gasteiger partial charge in [-0.25, -0.2) is 9.97 Å². The summed E-state index contributed by atoms with van der Waals surface area (Å²) in [6, 6.07) is 4.46. The van der Waals surface area contributed by atoms with Crippen molar-refractivity contribution in [1.82, 2.24) is 25.0 Å². The number of aromatic nitrogens is 4. The maximum Gasteiger partial charge on any atom is 0.237 e. The number of nitrogen functional groups attached to an aromatic ring is 1. The normalized spacial score (nSPS) is 24.8. The molecule has 4 heterocycles. The number of anilines is 2. The highest BCUT2D eigenvalue weighted by Gasteiger charge is 2.43. The SMILES string of the molecule is C[C@H]1CN(CC2CC2)CCCN1c1nccc(-c2noc([C@@]3(C)CCCc4sc(N)c(C#N)c43)n2)n1. The summed E-state index contributed by atoms with van der Waals surface area (Å²) in [6.45, 7) is 8.64. The minimum Gasteiger partial charge on any atom is -0.389 e. The average Bonchev–Trinajstić information content (AvgIpc) is 3.46. The second-order valence-electron chi connectivity index (χ2n) is 10.7. The van der Waals surface area contributed by atoms with Crippen molar-refractivity contribution in [1.29, 1.82) is 5.26 Å². The molecule has 2 atom stereocenters. The molecule has 2 N–H and O–H groups in total. The minimum atomic E-state index is -0.543. The lowest BCUT2D eigenvalue weighted by Crippen LogP contribution is -2.40. The summed E-state index contributed by atoms with van der Waals surface area (Å²) in [7, 11) is 0. The molecule has 1 aliphatic heterocycles. The van der Waals surface area contributed by atoms with E-state index >= 15 is 0 Å². The molecule has 2 fully saturated rings. The predicted molar refractivity (Wildman–Crippen MR) is 139 cm³/mol. The van der Waals surface area contributed by atoms with Gasteiger partial charge in [0.1, 0.15) is 16.8 Å². The maximum atomic E-state index is 9.77. The van der Waals surface area contributed by atoms with Crippen molar-refractivity contribution in [3.63, 3.8) is 0 Å². The van der Waals surface area contributed by atoms with Crippen molar-refractivity contribution < 1.29 is 4.52 Å². The first-order valence-electron chi connectivity index (χ1n) is 12.9. The smallest absolute Gasteiger partial charge is 0.237 e. The van der Waals surface area contributed by atoms with Gasteiger partial charge in [-0.3, -0.25) is 0 Å². The van der Waals surface area contributed by atoms with Crippen LogP contribution in [0.25, 0.3) is 11.5 Å². The van der Waals surface area contributed by atoms with Crippen LogP contribution < -0.4 is 10.6 Å². The fourth-order valence-corrected chi connectivity index (χ4v) is 7.04. The fourth-order valence-electron chi connectivity index (χ4n) is 5.85. The number of nitriles is 1. The molecule has 2 aliphatic carbocycles. The number of nitrogens with zero attached hydrogens (tertiary/aromatic N) is 7. The molecule has 3 aromatic rings. The molecule has 6 rings (SSSR count). The molecule has 1 saturated heterocycles. The summed E-state index contributed by atoms with van der Waals surface area (Å²) in [6.07, 6.45) is 8.36. The van der Waals surface area contributed by atoms with E-state index in [1.54, 1.807) is 6.20 Å². The van der Waals surface area contributed by atoms with E-state index in [9.17, 15) is 5.26 Å². The van der Waals surface area contributed by atoms with Gasteiger partial charge in [-0.05, 0) is 70.9 Å². The molecular formula is C26H32N8OS. The Morgan fingerprint density at radius 1 is 1.28 bits per heavy atom. The van der Waals surface area contributed by atoms with Crippen LogP contribution in [-0.2, 0) is 11.8 Å². The Kier molecular flexibility index (Phi) is 5.92. The van der Waals surface area contributed by atoms with E-state index in [1.165, 1.54) is 30.7 Å². The Morgan fingerprint density at radius 2 is 2.14 bits per heavy atom. The molecule has 0 bridgehead atoms. The van der Waals surface area contributed by atoms with Crippen LogP contribution in [0.3, 0.4) is 0 Å². The van der Waals surface area contributed by atoms with E-state index in [-0.39, 0.29) is 0 Å². The quantitative estimate of drug-likeness (QED) is 0.549. The number of hydrogen-bond acceptors (Lipinski definition) is 10. The van der Waals surface area contributed by atoms with Gasteiger partial charge in [-0.2, -0.15) is 10.2 Å². The van der Waals surface area contributed by atoms with Gasteiger partial charge in [0.05, 0.1) is 11.0 Å². The molecule has 188 valence electrons. The number of fused-ring (bicyclic) bond motifs is 1. The Morgan fingerprint density at radius 3 is 2.94 bits per heavy atom. The minimum absolute atomic E-state index is 0.329. The zero-order valence-corrected chi connectivity index (χ0v) is 21.7. The number of aryl methyl sites for hydroxylation is 1. The standard InChI is InChI=1S/C26H32N8OS/c1-16-14-33(15-17-6-7-17)11-4-12-34(16)25-29-10-8-19(30-25)23-31-24(35-32-23)26(2)9-3-5-20-21(26)18(13-27)22(28)36-20/h8,10,16-17H,3-7,9,11-12,14-15,28H2,1-2H3/t16-,26-/m0/s1. The first kappa shape index (κ1) is 23.4. The topological polar surface area (TPSA) is 121 Å². The maximum absolute atomic E-state index is 9.77. The van der Waals surface area contributed by atoms with Gasteiger partial charge in [0.25, 0.3) is 0 Å². The van der Waals surface area contributed by atoms with Crippen molar-refractivity contribution in [2.75, 3.05) is 36.8 Å². The van der Waals surface area contributed by atoms with Gasteiger partial charge < -0.3 is 20.1 Å². The summed E-state index contributed by atoms with van der Waals surface area (Å²) in [5.74, 6) is 2.56. The lowest BCUT2D eigenvalue weighted by Gasteiger charge is -2.30. The largest absolute Gasteiger partial charge is 0.389 e. The zero-order valence-electron chi connectivity index (χ0n) is 20.9. The first-order chi connectivity index (χ1) is 17.5. The lowest BCUT2D eigenvalue weighted by molar-refractivity contribution is 0.265. The third kappa shape index (κ3) is 4.14. The van der Waals surface area contributed by atoms with Crippen LogP contribution in [-0.4, -0.2) is 57.2 Å². The molecule has 3 aromatic heterocycles. The number of thiophene rings is 1. The number of rotatable bonds is 5. The number of nitrogens with two attached hydrogens (primary N) is 1. The Hall–Kier alpha value is -3.03. The second-order valence-corrected chi connectivity index (χ2v) is 11.8. The van der Waals surface area contributed by atoms with Crippen LogP contribution in [0.1, 0.15) is 67.8 Å². The van der Waals surface area contributed by atoms with Crippen molar-refractivity contribution in [2.24, 2.45) is 5.92 Å². The van der Waals surface area contributed by atoms with Crippen LogP contribution in [0.5, 0.6) is 0 Å². The van der Waals surface area contributed by atoms with E-state index in [1.807, 2.05) is 6.07 Å². The van der Waals surface area contributed by atoms with Gasteiger partial charge >= 0.3 is 0 Å². The van der Waals surface area contributed by atoms with Crippen molar-refractivity contribution in [3.05, 3.63) is 34.2 Å². The van der Waals surface area contributed by atoms with Gasteiger partial charge in [-0.15, -0.1) is 11.3 Å². The van der Waals surface area contributed by atoms with Crippen molar-refractivity contribution >= 4 is 22.3 Å². The highest BCUT2D eigenvalue weighted by atomic mass is 32.1.